The van der Waals surface area contributed by atoms with E-state index in [-0.39, 0.29) is 13.0 Å². The van der Waals surface area contributed by atoms with Gasteiger partial charge in [-0.3, -0.25) is 13.8 Å². The van der Waals surface area contributed by atoms with Crippen LogP contribution in [0.2, 0.25) is 0 Å². The molecule has 3 N–H and O–H groups in total. The van der Waals surface area contributed by atoms with Crippen molar-refractivity contribution in [3.63, 3.8) is 0 Å². The number of ether oxygens (including phenoxy) is 1. The molecule has 10 heteroatoms. The lowest BCUT2D eigenvalue weighted by atomic mass is 10.0. The Morgan fingerprint density at radius 3 is 1.74 bits per heavy atom. The first kappa shape index (κ1) is 38.5. The fourth-order valence-electron chi connectivity index (χ4n) is 4.38. The molecular formula is C29H61NO8P+. The Bertz CT molecular complexity index is 629. The third-order valence-electron chi connectivity index (χ3n) is 6.84. The van der Waals surface area contributed by atoms with Crippen molar-refractivity contribution in [1.82, 2.24) is 0 Å². The van der Waals surface area contributed by atoms with Gasteiger partial charge in [0.25, 0.3) is 0 Å². The standard InChI is InChI=1S/C29H60NO8P/c1-5-6-7-8-9-10-11-12-13-14-15-16-17-20-24-36-27(21-18-19-22-29(32)33)28(26-31)38-39(34,35)37-25-23-30(2,3)4/h27-28,31H,5-26H2,1-4H3,(H-,32,33,34,35)/p+1/t27?,28-/m0/s1. The zero-order valence-electron chi connectivity index (χ0n) is 25.5. The molecule has 0 aromatic rings. The number of aliphatic hydroxyl groups is 1. The number of hydrogen-bond acceptors (Lipinski definition) is 6. The molecule has 2 unspecified atom stereocenters. The van der Waals surface area contributed by atoms with Crippen LogP contribution in [0, 0.1) is 0 Å². The third kappa shape index (κ3) is 26.1. The second kappa shape index (κ2) is 24.1. The molecular weight excluding hydrogens is 521 g/mol. The maximum atomic E-state index is 12.5. The van der Waals surface area contributed by atoms with Crippen LogP contribution in [-0.4, -0.2) is 85.3 Å². The minimum atomic E-state index is -4.38. The summed E-state index contributed by atoms with van der Waals surface area (Å²) in [5, 5.41) is 18.8. The molecule has 39 heavy (non-hydrogen) atoms. The molecule has 0 aliphatic rings. The number of quaternary nitrogens is 1. The molecule has 0 radical (unpaired) electrons. The quantitative estimate of drug-likeness (QED) is 0.0506. The minimum absolute atomic E-state index is 0.0403. The summed E-state index contributed by atoms with van der Waals surface area (Å²) < 4.78 is 29.4. The van der Waals surface area contributed by atoms with Crippen LogP contribution in [-0.2, 0) is 23.1 Å². The van der Waals surface area contributed by atoms with Crippen molar-refractivity contribution in [2.45, 2.75) is 135 Å². The van der Waals surface area contributed by atoms with Gasteiger partial charge in [-0.25, -0.2) is 4.57 Å². The number of carboxylic acids is 1. The second-order valence-corrected chi connectivity index (χ2v) is 13.2. The average molecular weight is 583 g/mol. The van der Waals surface area contributed by atoms with E-state index in [9.17, 15) is 19.4 Å². The minimum Gasteiger partial charge on any atom is -0.481 e. The van der Waals surface area contributed by atoms with E-state index >= 15 is 0 Å². The van der Waals surface area contributed by atoms with Crippen molar-refractivity contribution in [3.8, 4) is 0 Å². The van der Waals surface area contributed by atoms with Crippen LogP contribution >= 0.6 is 7.82 Å². The van der Waals surface area contributed by atoms with Crippen molar-refractivity contribution >= 4 is 13.8 Å². The van der Waals surface area contributed by atoms with E-state index in [0.29, 0.717) is 36.9 Å². The maximum absolute atomic E-state index is 12.5. The van der Waals surface area contributed by atoms with E-state index in [1.807, 2.05) is 21.1 Å². The molecule has 3 atom stereocenters. The topological polar surface area (TPSA) is 123 Å². The highest BCUT2D eigenvalue weighted by Gasteiger charge is 2.32. The number of carboxylic acid groups (broad SMARTS) is 1. The largest absolute Gasteiger partial charge is 0.481 e. The van der Waals surface area contributed by atoms with Crippen LogP contribution in [0.25, 0.3) is 0 Å². The third-order valence-corrected chi connectivity index (χ3v) is 7.88. The molecule has 0 saturated heterocycles. The number of likely N-dealkylation sites (N-methyl/N-ethyl adjacent to an activating group) is 1. The van der Waals surface area contributed by atoms with Crippen molar-refractivity contribution in [2.75, 3.05) is 47.5 Å². The van der Waals surface area contributed by atoms with Gasteiger partial charge in [0, 0.05) is 13.0 Å². The molecule has 0 saturated carbocycles. The van der Waals surface area contributed by atoms with Gasteiger partial charge in [0.15, 0.2) is 0 Å². The fourth-order valence-corrected chi connectivity index (χ4v) is 5.30. The molecule has 0 heterocycles. The van der Waals surface area contributed by atoms with E-state index in [2.05, 4.69) is 6.92 Å². The number of phosphoric ester groups is 1. The van der Waals surface area contributed by atoms with Gasteiger partial charge in [0.2, 0.25) is 0 Å². The SMILES string of the molecule is CCCCCCCCCCCCCCCCOC(CCCCC(=O)O)[C@H](CO)OP(=O)(O)OCC[N+](C)(C)C. The first-order valence-corrected chi connectivity index (χ1v) is 16.9. The average Bonchev–Trinajstić information content (AvgIpc) is 2.85. The lowest BCUT2D eigenvalue weighted by molar-refractivity contribution is -0.870. The monoisotopic (exact) mass is 582 g/mol. The Balaban J connectivity index is 4.33. The van der Waals surface area contributed by atoms with Crippen LogP contribution in [0.5, 0.6) is 0 Å². The Kier molecular flexibility index (Phi) is 23.8. The first-order valence-electron chi connectivity index (χ1n) is 15.4. The van der Waals surface area contributed by atoms with Gasteiger partial charge >= 0.3 is 13.8 Å². The normalized spacial score (nSPS) is 15.2. The first-order chi connectivity index (χ1) is 18.5. The molecule has 0 aliphatic carbocycles. The van der Waals surface area contributed by atoms with Crippen LogP contribution in [0.15, 0.2) is 0 Å². The molecule has 0 rings (SSSR count). The van der Waals surface area contributed by atoms with Gasteiger partial charge in [-0.05, 0) is 19.3 Å². The van der Waals surface area contributed by atoms with Gasteiger partial charge < -0.3 is 24.3 Å². The molecule has 9 nitrogen and oxygen atoms in total. The fraction of sp³-hybridized carbons (Fsp3) is 0.966. The number of carbonyl (C=O) groups is 1. The molecule has 0 bridgehead atoms. The van der Waals surface area contributed by atoms with Crippen molar-refractivity contribution in [1.29, 1.82) is 0 Å². The highest BCUT2D eigenvalue weighted by atomic mass is 31.2. The van der Waals surface area contributed by atoms with Gasteiger partial charge in [0.05, 0.1) is 33.9 Å². The molecule has 0 aliphatic heterocycles. The maximum Gasteiger partial charge on any atom is 0.472 e. The van der Waals surface area contributed by atoms with Gasteiger partial charge in [-0.2, -0.15) is 0 Å². The summed E-state index contributed by atoms with van der Waals surface area (Å²) in [6.45, 7) is 2.78. The lowest BCUT2D eigenvalue weighted by Crippen LogP contribution is -2.38. The molecule has 0 amide bonds. The summed E-state index contributed by atoms with van der Waals surface area (Å²) in [5.74, 6) is -0.865. The highest BCUT2D eigenvalue weighted by molar-refractivity contribution is 7.47. The van der Waals surface area contributed by atoms with Crippen molar-refractivity contribution < 1.29 is 42.7 Å². The number of hydrogen-bond donors (Lipinski definition) is 3. The van der Waals surface area contributed by atoms with Crippen LogP contribution < -0.4 is 0 Å². The molecule has 0 aromatic carbocycles. The summed E-state index contributed by atoms with van der Waals surface area (Å²) >= 11 is 0. The number of phosphoric acid groups is 1. The van der Waals surface area contributed by atoms with E-state index in [1.54, 1.807) is 0 Å². The predicted molar refractivity (Wildman–Crippen MR) is 157 cm³/mol. The molecule has 234 valence electrons. The van der Waals surface area contributed by atoms with Crippen LogP contribution in [0.4, 0.5) is 0 Å². The van der Waals surface area contributed by atoms with E-state index in [4.69, 9.17) is 18.9 Å². The van der Waals surface area contributed by atoms with Crippen molar-refractivity contribution in [3.05, 3.63) is 0 Å². The zero-order chi connectivity index (χ0) is 29.4. The number of rotatable bonds is 29. The Labute approximate surface area is 238 Å². The van der Waals surface area contributed by atoms with E-state index in [1.165, 1.54) is 70.6 Å². The van der Waals surface area contributed by atoms with Crippen molar-refractivity contribution in [2.24, 2.45) is 0 Å². The summed E-state index contributed by atoms with van der Waals surface area (Å²) in [6, 6.07) is 0. The Morgan fingerprint density at radius 1 is 0.769 bits per heavy atom. The summed E-state index contributed by atoms with van der Waals surface area (Å²) in [5.41, 5.74) is 0. The van der Waals surface area contributed by atoms with Crippen LogP contribution in [0.3, 0.4) is 0 Å². The van der Waals surface area contributed by atoms with Crippen LogP contribution in [0.1, 0.15) is 122 Å². The zero-order valence-corrected chi connectivity index (χ0v) is 26.4. The number of aliphatic carboxylic acids is 1. The molecule has 0 aromatic heterocycles. The van der Waals surface area contributed by atoms with Gasteiger partial charge in [0.1, 0.15) is 19.3 Å². The number of aliphatic hydroxyl groups excluding tert-OH is 1. The number of unbranched alkanes of at least 4 members (excludes halogenated alkanes) is 14. The molecule has 0 spiro atoms. The lowest BCUT2D eigenvalue weighted by Gasteiger charge is -2.28. The second-order valence-electron chi connectivity index (χ2n) is 11.8. The Morgan fingerprint density at radius 2 is 1.28 bits per heavy atom. The van der Waals surface area contributed by atoms with Gasteiger partial charge in [-0.1, -0.05) is 96.8 Å². The summed E-state index contributed by atoms with van der Waals surface area (Å²) in [4.78, 5) is 21.0. The smallest absolute Gasteiger partial charge is 0.472 e. The van der Waals surface area contributed by atoms with Gasteiger partial charge in [-0.15, -0.1) is 0 Å². The van der Waals surface area contributed by atoms with E-state index < -0.39 is 32.6 Å². The molecule has 0 fully saturated rings. The van der Waals surface area contributed by atoms with E-state index in [0.717, 1.165) is 19.3 Å². The summed E-state index contributed by atoms with van der Waals surface area (Å²) in [6.07, 6.45) is 17.5. The summed E-state index contributed by atoms with van der Waals surface area (Å²) in [7, 11) is 1.46. The predicted octanol–water partition coefficient (Wildman–Crippen LogP) is 6.70. The number of nitrogens with zero attached hydrogens (tertiary/aromatic N) is 1. The highest BCUT2D eigenvalue weighted by Crippen LogP contribution is 2.45. The Hall–Kier alpha value is -0.540.